The third-order valence-corrected chi connectivity index (χ3v) is 4.63. The standard InChI is InChI=1S/C18H26O2/c1-4-17(18(19)15-8-6-5-7-9-15)20-16-11-10-13(2)14(3)12-16/h5-9,13-14,16-17H,4,10-12H2,1-3H3. The largest absolute Gasteiger partial charge is 0.367 e. The van der Waals surface area contributed by atoms with Crippen LogP contribution < -0.4 is 0 Å². The van der Waals surface area contributed by atoms with E-state index in [2.05, 4.69) is 13.8 Å². The van der Waals surface area contributed by atoms with Gasteiger partial charge < -0.3 is 4.74 Å². The Kier molecular flexibility index (Phi) is 5.36. The molecule has 1 aliphatic carbocycles. The summed E-state index contributed by atoms with van der Waals surface area (Å²) in [5.41, 5.74) is 0.761. The lowest BCUT2D eigenvalue weighted by atomic mass is 9.80. The Balaban J connectivity index is 1.97. The van der Waals surface area contributed by atoms with Gasteiger partial charge in [0.1, 0.15) is 6.10 Å². The molecule has 0 aliphatic heterocycles. The molecule has 0 N–H and O–H groups in total. The van der Waals surface area contributed by atoms with E-state index in [1.807, 2.05) is 37.3 Å². The van der Waals surface area contributed by atoms with Crippen LogP contribution in [-0.2, 0) is 4.74 Å². The van der Waals surface area contributed by atoms with Crippen LogP contribution in [0.25, 0.3) is 0 Å². The average molecular weight is 274 g/mol. The number of Topliss-reactive ketones (excluding diaryl/α,β-unsaturated/α-hetero) is 1. The van der Waals surface area contributed by atoms with E-state index in [0.29, 0.717) is 5.92 Å². The highest BCUT2D eigenvalue weighted by molar-refractivity contribution is 5.99. The molecule has 2 nitrogen and oxygen atoms in total. The predicted molar refractivity (Wildman–Crippen MR) is 81.9 cm³/mol. The summed E-state index contributed by atoms with van der Waals surface area (Å²) < 4.78 is 6.13. The van der Waals surface area contributed by atoms with Crippen LogP contribution in [0.3, 0.4) is 0 Å². The van der Waals surface area contributed by atoms with E-state index in [1.54, 1.807) is 0 Å². The second-order valence-corrected chi connectivity index (χ2v) is 6.15. The Bertz CT molecular complexity index is 426. The Morgan fingerprint density at radius 2 is 1.90 bits per heavy atom. The Hall–Kier alpha value is -1.15. The molecule has 2 heteroatoms. The first-order valence-electron chi connectivity index (χ1n) is 7.86. The topological polar surface area (TPSA) is 26.3 Å². The van der Waals surface area contributed by atoms with Crippen LogP contribution in [0.4, 0.5) is 0 Å². The van der Waals surface area contributed by atoms with Gasteiger partial charge in [0, 0.05) is 5.56 Å². The van der Waals surface area contributed by atoms with Crippen LogP contribution >= 0.6 is 0 Å². The molecule has 0 amide bonds. The van der Waals surface area contributed by atoms with Crippen molar-refractivity contribution in [1.29, 1.82) is 0 Å². The molecule has 110 valence electrons. The zero-order valence-corrected chi connectivity index (χ0v) is 12.8. The summed E-state index contributed by atoms with van der Waals surface area (Å²) in [7, 11) is 0. The summed E-state index contributed by atoms with van der Waals surface area (Å²) in [6.45, 7) is 6.63. The third kappa shape index (κ3) is 3.69. The lowest BCUT2D eigenvalue weighted by Crippen LogP contribution is -2.33. The molecule has 4 unspecified atom stereocenters. The van der Waals surface area contributed by atoms with Gasteiger partial charge in [0.25, 0.3) is 0 Å². The molecule has 0 radical (unpaired) electrons. The van der Waals surface area contributed by atoms with E-state index >= 15 is 0 Å². The minimum atomic E-state index is -0.289. The van der Waals surface area contributed by atoms with E-state index in [9.17, 15) is 4.79 Å². The van der Waals surface area contributed by atoms with Crippen molar-refractivity contribution in [2.24, 2.45) is 11.8 Å². The summed E-state index contributed by atoms with van der Waals surface area (Å²) in [4.78, 5) is 12.5. The fraction of sp³-hybridized carbons (Fsp3) is 0.611. The van der Waals surface area contributed by atoms with Crippen molar-refractivity contribution >= 4 is 5.78 Å². The van der Waals surface area contributed by atoms with Gasteiger partial charge >= 0.3 is 0 Å². The first-order chi connectivity index (χ1) is 9.61. The van der Waals surface area contributed by atoms with Crippen LogP contribution in [0.5, 0.6) is 0 Å². The monoisotopic (exact) mass is 274 g/mol. The normalized spacial score (nSPS) is 28.1. The van der Waals surface area contributed by atoms with Crippen LogP contribution in [0.15, 0.2) is 30.3 Å². The summed E-state index contributed by atoms with van der Waals surface area (Å²) in [5.74, 6) is 1.59. The van der Waals surface area contributed by atoms with Gasteiger partial charge in [0.2, 0.25) is 0 Å². The first kappa shape index (κ1) is 15.2. The summed E-state index contributed by atoms with van der Waals surface area (Å²) in [6, 6.07) is 9.50. The van der Waals surface area contributed by atoms with Gasteiger partial charge in [-0.25, -0.2) is 0 Å². The van der Waals surface area contributed by atoms with Crippen molar-refractivity contribution in [2.45, 2.75) is 58.7 Å². The summed E-state index contributed by atoms with van der Waals surface area (Å²) >= 11 is 0. The summed E-state index contributed by atoms with van der Waals surface area (Å²) in [6.07, 6.45) is 4.08. The summed E-state index contributed by atoms with van der Waals surface area (Å²) in [5, 5.41) is 0. The van der Waals surface area contributed by atoms with Gasteiger partial charge in [-0.15, -0.1) is 0 Å². The van der Waals surface area contributed by atoms with Crippen LogP contribution in [0, 0.1) is 11.8 Å². The number of carbonyl (C=O) groups is 1. The molecule has 1 saturated carbocycles. The number of benzene rings is 1. The highest BCUT2D eigenvalue weighted by Gasteiger charge is 2.29. The Labute approximate surface area is 122 Å². The van der Waals surface area contributed by atoms with Crippen molar-refractivity contribution in [3.63, 3.8) is 0 Å². The van der Waals surface area contributed by atoms with Crippen LogP contribution in [0.1, 0.15) is 56.8 Å². The minimum Gasteiger partial charge on any atom is -0.367 e. The molecule has 0 bridgehead atoms. The highest BCUT2D eigenvalue weighted by Crippen LogP contribution is 2.32. The SMILES string of the molecule is CCC(OC1CCC(C)C(C)C1)C(=O)c1ccccc1. The molecule has 0 saturated heterocycles. The second-order valence-electron chi connectivity index (χ2n) is 6.15. The maximum atomic E-state index is 12.5. The molecule has 20 heavy (non-hydrogen) atoms. The van der Waals surface area contributed by atoms with Gasteiger partial charge in [-0.2, -0.15) is 0 Å². The molecule has 0 heterocycles. The fourth-order valence-corrected chi connectivity index (χ4v) is 2.99. The molecular weight excluding hydrogens is 248 g/mol. The molecule has 0 spiro atoms. The first-order valence-corrected chi connectivity index (χ1v) is 7.86. The number of carbonyl (C=O) groups excluding carboxylic acids is 1. The molecule has 4 atom stereocenters. The van der Waals surface area contributed by atoms with E-state index < -0.39 is 0 Å². The number of ether oxygens (including phenoxy) is 1. The van der Waals surface area contributed by atoms with Gasteiger partial charge in [-0.3, -0.25) is 4.79 Å². The molecule has 1 aromatic rings. The van der Waals surface area contributed by atoms with E-state index in [-0.39, 0.29) is 18.0 Å². The lowest BCUT2D eigenvalue weighted by Gasteiger charge is -2.33. The number of rotatable bonds is 5. The molecule has 1 fully saturated rings. The zero-order chi connectivity index (χ0) is 14.5. The van der Waals surface area contributed by atoms with Crippen molar-refractivity contribution in [3.05, 3.63) is 35.9 Å². The number of hydrogen-bond acceptors (Lipinski definition) is 2. The van der Waals surface area contributed by atoms with Gasteiger partial charge in [-0.1, -0.05) is 51.1 Å². The van der Waals surface area contributed by atoms with Crippen LogP contribution in [-0.4, -0.2) is 18.0 Å². The van der Waals surface area contributed by atoms with Crippen molar-refractivity contribution in [3.8, 4) is 0 Å². The quantitative estimate of drug-likeness (QED) is 0.739. The fourth-order valence-electron chi connectivity index (χ4n) is 2.99. The number of hydrogen-bond donors (Lipinski definition) is 0. The lowest BCUT2D eigenvalue weighted by molar-refractivity contribution is -0.0364. The molecule has 1 aromatic carbocycles. The predicted octanol–water partition coefficient (Wildman–Crippen LogP) is 4.49. The van der Waals surface area contributed by atoms with Gasteiger partial charge in [-0.05, 0) is 37.5 Å². The maximum Gasteiger partial charge on any atom is 0.191 e. The molecular formula is C18H26O2. The zero-order valence-electron chi connectivity index (χ0n) is 12.8. The second kappa shape index (κ2) is 7.03. The number of ketones is 1. The van der Waals surface area contributed by atoms with E-state index in [4.69, 9.17) is 4.74 Å². The smallest absolute Gasteiger partial charge is 0.191 e. The van der Waals surface area contributed by atoms with Crippen LogP contribution in [0.2, 0.25) is 0 Å². The van der Waals surface area contributed by atoms with Crippen molar-refractivity contribution in [2.75, 3.05) is 0 Å². The highest BCUT2D eigenvalue weighted by atomic mass is 16.5. The van der Waals surface area contributed by atoms with Gasteiger partial charge in [0.15, 0.2) is 5.78 Å². The average Bonchev–Trinajstić information content (AvgIpc) is 2.48. The molecule has 0 aromatic heterocycles. The Morgan fingerprint density at radius 3 is 2.50 bits per heavy atom. The van der Waals surface area contributed by atoms with Gasteiger partial charge in [0.05, 0.1) is 6.10 Å². The third-order valence-electron chi connectivity index (χ3n) is 4.63. The van der Waals surface area contributed by atoms with Crippen molar-refractivity contribution < 1.29 is 9.53 Å². The molecule has 2 rings (SSSR count). The maximum absolute atomic E-state index is 12.5. The van der Waals surface area contributed by atoms with Crippen molar-refractivity contribution in [1.82, 2.24) is 0 Å². The van der Waals surface area contributed by atoms with E-state index in [0.717, 1.165) is 30.7 Å². The minimum absolute atomic E-state index is 0.124. The van der Waals surface area contributed by atoms with E-state index in [1.165, 1.54) is 6.42 Å². The Morgan fingerprint density at radius 1 is 1.20 bits per heavy atom. The molecule has 1 aliphatic rings.